The van der Waals surface area contributed by atoms with Crippen LogP contribution in [0.3, 0.4) is 0 Å². The first-order valence-electron chi connectivity index (χ1n) is 25.7. The van der Waals surface area contributed by atoms with E-state index in [1.807, 2.05) is 0 Å². The molecule has 1 aliphatic heterocycles. The van der Waals surface area contributed by atoms with Crippen molar-refractivity contribution in [2.45, 2.75) is 63.1 Å². The molecule has 1 fully saturated rings. The summed E-state index contributed by atoms with van der Waals surface area (Å²) in [5.41, 5.74) is 17.7. The predicted molar refractivity (Wildman–Crippen MR) is 299 cm³/mol. The minimum absolute atomic E-state index is 0.517. The van der Waals surface area contributed by atoms with Gasteiger partial charge in [-0.1, -0.05) is 67.8 Å². The van der Waals surface area contributed by atoms with E-state index in [1.54, 1.807) is 0 Å². The molecule has 2 aromatic heterocycles. The summed E-state index contributed by atoms with van der Waals surface area (Å²) < 4.78 is 9.95. The Morgan fingerprint density at radius 3 is 1.96 bits per heavy atom. The van der Waals surface area contributed by atoms with Crippen molar-refractivity contribution < 1.29 is 4.42 Å². The zero-order valence-electron chi connectivity index (χ0n) is 40.0. The van der Waals surface area contributed by atoms with Crippen LogP contribution >= 0.6 is 0 Å². The van der Waals surface area contributed by atoms with E-state index >= 15 is 0 Å². The van der Waals surface area contributed by atoms with Crippen LogP contribution in [0.4, 0.5) is 17.1 Å². The van der Waals surface area contributed by atoms with E-state index < -0.39 is 13.5 Å². The number of nitrogens with zero attached hydrogens (tertiary/aromatic N) is 2. The average Bonchev–Trinajstić information content (AvgIpc) is 4.06. The van der Waals surface area contributed by atoms with E-state index in [4.69, 9.17) is 4.42 Å². The van der Waals surface area contributed by atoms with Crippen LogP contribution in [0.15, 0.2) is 199 Å². The number of para-hydroxylation sites is 5. The summed E-state index contributed by atoms with van der Waals surface area (Å²) in [6.07, 6.45) is 6.32. The molecule has 70 heavy (non-hydrogen) atoms. The van der Waals surface area contributed by atoms with Crippen LogP contribution in [-0.2, 0) is 5.41 Å². The Morgan fingerprint density at radius 1 is 0.486 bits per heavy atom. The summed E-state index contributed by atoms with van der Waals surface area (Å²) in [7, 11) is -1.94. The van der Waals surface area contributed by atoms with Crippen molar-refractivity contribution in [3.8, 4) is 16.8 Å². The number of fused-ring (bicyclic) bond motifs is 19. The average molecular weight is 918 g/mol. The van der Waals surface area contributed by atoms with Crippen LogP contribution in [0, 0.1) is 0 Å². The van der Waals surface area contributed by atoms with Gasteiger partial charge in [-0.15, -0.1) is 0 Å². The number of hydrogen-bond donors (Lipinski definition) is 0. The topological polar surface area (TPSA) is 21.3 Å². The quantitative estimate of drug-likeness (QED) is 0.160. The third-order valence-corrected chi connectivity index (χ3v) is 19.3. The Morgan fingerprint density at radius 2 is 1.13 bits per heavy atom. The summed E-state index contributed by atoms with van der Waals surface area (Å²) in [6, 6.07) is 74.3. The van der Waals surface area contributed by atoms with Gasteiger partial charge in [-0.3, -0.25) is 0 Å². The molecule has 0 bridgehead atoms. The number of benzene rings is 10. The number of anilines is 3. The normalized spacial score (nSPS) is 16.7. The molecular formula is C66H53N2OSi-. The van der Waals surface area contributed by atoms with Crippen molar-refractivity contribution in [3.63, 3.8) is 0 Å². The van der Waals surface area contributed by atoms with Gasteiger partial charge in [-0.05, 0) is 6.07 Å². The van der Waals surface area contributed by atoms with Gasteiger partial charge in [0.05, 0.1) is 5.52 Å². The zero-order chi connectivity index (χ0) is 46.5. The van der Waals surface area contributed by atoms with E-state index in [1.165, 1.54) is 131 Å². The number of hydrogen-bond acceptors (Lipinski definition) is 2. The van der Waals surface area contributed by atoms with Crippen molar-refractivity contribution >= 4 is 95.6 Å². The van der Waals surface area contributed by atoms with Crippen molar-refractivity contribution in [1.82, 2.24) is 4.57 Å². The number of rotatable bonds is 5. The molecule has 0 saturated heterocycles. The molecule has 1 unspecified atom stereocenters. The van der Waals surface area contributed by atoms with Gasteiger partial charge in [-0.2, -0.15) is 0 Å². The maximum absolute atomic E-state index is 7.40. The third kappa shape index (κ3) is 5.35. The maximum atomic E-state index is 7.40. The first kappa shape index (κ1) is 40.2. The molecule has 3 nitrogen and oxygen atoms in total. The molecule has 4 heteroatoms. The number of aromatic nitrogens is 1. The second kappa shape index (κ2) is 14.7. The molecule has 15 rings (SSSR count). The Labute approximate surface area is 409 Å². The standard InChI is InChI=1S/C66H53N2OSi/c1-70(2,3)44-37-35-43(36-38-44)67(59-33-17-28-52-51-27-15-25-46(64(51)69-65(52)59)41-18-5-4-6-19-41)60-40-56-62(49-24-10-9-22-47(49)60)61-45-21-8-7-20-42(45)34-39-54(61)66(56)53-29-12-14-32-58(53)68-57-31-13-11-23-48(57)50-26-16-30-55(66)63(50)68/h7-17,20-41,70H,4-6,18-19H2,1-3H3/q-1. The Bertz CT molecular complexity index is 4160. The van der Waals surface area contributed by atoms with Crippen LogP contribution < -0.4 is 10.1 Å². The van der Waals surface area contributed by atoms with E-state index in [9.17, 15) is 0 Å². The molecule has 1 spiro atoms. The van der Waals surface area contributed by atoms with Crippen LogP contribution in [0.5, 0.6) is 0 Å². The number of furan rings is 1. The van der Waals surface area contributed by atoms with Crippen molar-refractivity contribution in [3.05, 3.63) is 222 Å². The minimum atomic E-state index is -1.94. The summed E-state index contributed by atoms with van der Waals surface area (Å²) in [4.78, 5) is 2.55. The Kier molecular flexibility index (Phi) is 8.44. The van der Waals surface area contributed by atoms with Crippen LogP contribution in [0.25, 0.3) is 82.1 Å². The summed E-state index contributed by atoms with van der Waals surface area (Å²) in [6.45, 7) is 7.40. The van der Waals surface area contributed by atoms with E-state index in [0.29, 0.717) is 5.92 Å². The van der Waals surface area contributed by atoms with Gasteiger partial charge >= 0.3 is 327 Å². The summed E-state index contributed by atoms with van der Waals surface area (Å²) >= 11 is 0. The summed E-state index contributed by atoms with van der Waals surface area (Å²) in [5, 5.41) is 11.4. The molecule has 3 heterocycles. The van der Waals surface area contributed by atoms with Gasteiger partial charge in [0.1, 0.15) is 0 Å². The van der Waals surface area contributed by atoms with Gasteiger partial charge in [0, 0.05) is 5.39 Å². The molecular weight excluding hydrogens is 865 g/mol. The zero-order valence-corrected chi connectivity index (χ0v) is 41.1. The van der Waals surface area contributed by atoms with E-state index in [0.717, 1.165) is 33.6 Å². The Hall–Kier alpha value is -7.66. The molecule has 1 atom stereocenters. The molecule has 10 aromatic carbocycles. The fraction of sp³-hybridized carbons (Fsp3) is 0.152. The van der Waals surface area contributed by atoms with Crippen LogP contribution in [0.2, 0.25) is 19.6 Å². The van der Waals surface area contributed by atoms with Gasteiger partial charge in [-0.25, -0.2) is 0 Å². The van der Waals surface area contributed by atoms with Gasteiger partial charge in [0.25, 0.3) is 0 Å². The van der Waals surface area contributed by atoms with Crippen molar-refractivity contribution in [2.24, 2.45) is 0 Å². The second-order valence-corrected chi connectivity index (χ2v) is 27.6. The molecule has 0 amide bonds. The molecule has 3 aliphatic rings. The molecule has 1 saturated carbocycles. The van der Waals surface area contributed by atoms with Crippen molar-refractivity contribution in [2.75, 3.05) is 4.90 Å². The monoisotopic (exact) mass is 917 g/mol. The van der Waals surface area contributed by atoms with Crippen molar-refractivity contribution in [1.29, 1.82) is 0 Å². The molecule has 12 aromatic rings. The Balaban J connectivity index is 1.10. The van der Waals surface area contributed by atoms with E-state index in [-0.39, 0.29) is 0 Å². The van der Waals surface area contributed by atoms with Gasteiger partial charge in [0.15, 0.2) is 0 Å². The van der Waals surface area contributed by atoms with Gasteiger partial charge in [0.2, 0.25) is 0 Å². The first-order chi connectivity index (χ1) is 34.4. The molecule has 0 N–H and O–H groups in total. The molecule has 0 radical (unpaired) electrons. The van der Waals surface area contributed by atoms with E-state index in [2.05, 4.69) is 223 Å². The van der Waals surface area contributed by atoms with Crippen LogP contribution in [0.1, 0.15) is 65.8 Å². The second-order valence-electron chi connectivity index (χ2n) is 21.7. The predicted octanol–water partition coefficient (Wildman–Crippen LogP) is 17.5. The molecule has 2 aliphatic carbocycles. The molecule has 338 valence electrons. The summed E-state index contributed by atoms with van der Waals surface area (Å²) in [5.74, 6) is 0.517. The van der Waals surface area contributed by atoms with Gasteiger partial charge < -0.3 is 0 Å². The first-order valence-corrected chi connectivity index (χ1v) is 29.8. The fourth-order valence-corrected chi connectivity index (χ4v) is 15.1. The third-order valence-electron chi connectivity index (χ3n) is 16.9. The van der Waals surface area contributed by atoms with Crippen LogP contribution in [-0.4, -0.2) is 12.6 Å². The SMILES string of the molecule is C[SiH-](C)(C)c1ccc(N(c2cc3c(c4ccccc24)-c2c(ccc4ccccc24)C32c3ccccc3-n3c4ccccc4c4cccc2c43)c2cccc3c2oc2c(C4CCCCC4)cccc23)cc1. The fourth-order valence-electron chi connectivity index (χ4n) is 13.7.